The first-order valence-electron chi connectivity index (χ1n) is 5.67. The molecule has 0 saturated heterocycles. The highest BCUT2D eigenvalue weighted by Crippen LogP contribution is 2.19. The van der Waals surface area contributed by atoms with Crippen LogP contribution in [0.2, 0.25) is 0 Å². The molecule has 3 N–H and O–H groups in total. The SMILES string of the molecule is CC(C)c1nc2ncc(C(C)CN)cc2[nH]1. The summed E-state index contributed by atoms with van der Waals surface area (Å²) in [5.41, 5.74) is 8.60. The second-order valence-electron chi connectivity index (χ2n) is 4.55. The number of nitrogens with zero attached hydrogens (tertiary/aromatic N) is 2. The molecular weight excluding hydrogens is 200 g/mol. The summed E-state index contributed by atoms with van der Waals surface area (Å²) in [7, 11) is 0. The minimum Gasteiger partial charge on any atom is -0.340 e. The highest BCUT2D eigenvalue weighted by atomic mass is 15.0. The van der Waals surface area contributed by atoms with E-state index in [1.165, 1.54) is 0 Å². The summed E-state index contributed by atoms with van der Waals surface area (Å²) in [5, 5.41) is 0. The number of aromatic nitrogens is 3. The second kappa shape index (κ2) is 4.22. The quantitative estimate of drug-likeness (QED) is 0.829. The van der Waals surface area contributed by atoms with Crippen LogP contribution in [0.4, 0.5) is 0 Å². The summed E-state index contributed by atoms with van der Waals surface area (Å²) < 4.78 is 0. The third-order valence-electron chi connectivity index (χ3n) is 2.85. The normalized spacial score (nSPS) is 13.6. The van der Waals surface area contributed by atoms with E-state index in [-0.39, 0.29) is 0 Å². The predicted molar refractivity (Wildman–Crippen MR) is 65.4 cm³/mol. The lowest BCUT2D eigenvalue weighted by Crippen LogP contribution is -2.08. The van der Waals surface area contributed by atoms with Gasteiger partial charge < -0.3 is 10.7 Å². The summed E-state index contributed by atoms with van der Waals surface area (Å²) in [6.07, 6.45) is 1.87. The van der Waals surface area contributed by atoms with Crippen molar-refractivity contribution in [2.45, 2.75) is 32.6 Å². The molecule has 2 heterocycles. The van der Waals surface area contributed by atoms with E-state index in [1.54, 1.807) is 0 Å². The molecule has 0 bridgehead atoms. The molecule has 16 heavy (non-hydrogen) atoms. The molecule has 0 saturated carbocycles. The van der Waals surface area contributed by atoms with Gasteiger partial charge in [0.25, 0.3) is 0 Å². The smallest absolute Gasteiger partial charge is 0.177 e. The Morgan fingerprint density at radius 2 is 2.12 bits per heavy atom. The number of nitrogens with one attached hydrogen (secondary N) is 1. The van der Waals surface area contributed by atoms with Crippen LogP contribution in [0.3, 0.4) is 0 Å². The maximum absolute atomic E-state index is 5.65. The van der Waals surface area contributed by atoms with Crippen LogP contribution in [0, 0.1) is 0 Å². The van der Waals surface area contributed by atoms with Crippen LogP contribution in [0.1, 0.15) is 44.0 Å². The summed E-state index contributed by atoms with van der Waals surface area (Å²) in [6.45, 7) is 6.96. The van der Waals surface area contributed by atoms with Crippen molar-refractivity contribution in [1.82, 2.24) is 15.0 Å². The summed E-state index contributed by atoms with van der Waals surface area (Å²) in [5.74, 6) is 1.72. The number of nitrogens with two attached hydrogens (primary N) is 1. The molecule has 0 fully saturated rings. The van der Waals surface area contributed by atoms with E-state index in [0.29, 0.717) is 18.4 Å². The van der Waals surface area contributed by atoms with Gasteiger partial charge in [-0.25, -0.2) is 9.97 Å². The first-order chi connectivity index (χ1) is 7.61. The topological polar surface area (TPSA) is 67.6 Å². The zero-order valence-electron chi connectivity index (χ0n) is 9.99. The fourth-order valence-electron chi connectivity index (χ4n) is 1.61. The van der Waals surface area contributed by atoms with E-state index >= 15 is 0 Å². The lowest BCUT2D eigenvalue weighted by molar-refractivity contribution is 0.771. The fraction of sp³-hybridized carbons (Fsp3) is 0.500. The van der Waals surface area contributed by atoms with E-state index < -0.39 is 0 Å². The van der Waals surface area contributed by atoms with Gasteiger partial charge in [-0.05, 0) is 24.1 Å². The molecule has 0 aliphatic rings. The number of hydrogen-bond donors (Lipinski definition) is 2. The van der Waals surface area contributed by atoms with E-state index in [1.807, 2.05) is 6.20 Å². The Morgan fingerprint density at radius 3 is 2.75 bits per heavy atom. The second-order valence-corrected chi connectivity index (χ2v) is 4.55. The Balaban J connectivity index is 2.45. The highest BCUT2D eigenvalue weighted by molar-refractivity contribution is 5.71. The fourth-order valence-corrected chi connectivity index (χ4v) is 1.61. The van der Waals surface area contributed by atoms with Crippen LogP contribution in [-0.2, 0) is 0 Å². The standard InChI is InChI=1S/C12H18N4/c1-7(2)11-15-10-4-9(8(3)5-13)6-14-12(10)16-11/h4,6-8H,5,13H2,1-3H3,(H,14,15,16). The summed E-state index contributed by atoms with van der Waals surface area (Å²) >= 11 is 0. The molecule has 86 valence electrons. The minimum absolute atomic E-state index is 0.336. The van der Waals surface area contributed by atoms with Crippen molar-refractivity contribution in [3.8, 4) is 0 Å². The molecule has 0 aliphatic carbocycles. The van der Waals surface area contributed by atoms with Gasteiger partial charge in [0, 0.05) is 12.1 Å². The summed E-state index contributed by atoms with van der Waals surface area (Å²) in [6, 6.07) is 2.10. The third kappa shape index (κ3) is 1.93. The highest BCUT2D eigenvalue weighted by Gasteiger charge is 2.10. The van der Waals surface area contributed by atoms with Gasteiger partial charge >= 0.3 is 0 Å². The van der Waals surface area contributed by atoms with Gasteiger partial charge in [0.05, 0.1) is 5.52 Å². The van der Waals surface area contributed by atoms with Crippen LogP contribution in [0.5, 0.6) is 0 Å². The lowest BCUT2D eigenvalue weighted by Gasteiger charge is -2.06. The first-order valence-corrected chi connectivity index (χ1v) is 5.67. The average molecular weight is 218 g/mol. The number of rotatable bonds is 3. The van der Waals surface area contributed by atoms with Crippen molar-refractivity contribution in [2.24, 2.45) is 5.73 Å². The molecule has 0 radical (unpaired) electrons. The predicted octanol–water partition coefficient (Wildman–Crippen LogP) is 2.14. The van der Waals surface area contributed by atoms with Gasteiger partial charge in [-0.3, -0.25) is 0 Å². The molecule has 1 atom stereocenters. The van der Waals surface area contributed by atoms with E-state index in [9.17, 15) is 0 Å². The Kier molecular flexibility index (Phi) is 2.92. The molecule has 1 unspecified atom stereocenters. The third-order valence-corrected chi connectivity index (χ3v) is 2.85. The molecule has 4 heteroatoms. The maximum Gasteiger partial charge on any atom is 0.177 e. The maximum atomic E-state index is 5.65. The zero-order valence-corrected chi connectivity index (χ0v) is 9.99. The van der Waals surface area contributed by atoms with Gasteiger partial charge in [0.15, 0.2) is 5.65 Å². The Hall–Kier alpha value is -1.42. The van der Waals surface area contributed by atoms with Crippen molar-refractivity contribution >= 4 is 11.2 Å². The number of imidazole rings is 1. The van der Waals surface area contributed by atoms with E-state index in [0.717, 1.165) is 22.6 Å². The van der Waals surface area contributed by atoms with E-state index in [2.05, 4.69) is 41.8 Å². The Bertz CT molecular complexity index is 487. The molecule has 2 rings (SSSR count). The van der Waals surface area contributed by atoms with Gasteiger partial charge in [-0.1, -0.05) is 20.8 Å². The molecule has 2 aromatic heterocycles. The number of aromatic amines is 1. The molecular formula is C12H18N4. The number of pyridine rings is 1. The van der Waals surface area contributed by atoms with Crippen LogP contribution in [0.15, 0.2) is 12.3 Å². The summed E-state index contributed by atoms with van der Waals surface area (Å²) in [4.78, 5) is 12.1. The molecule has 2 aromatic rings. The van der Waals surface area contributed by atoms with Gasteiger partial charge in [0.2, 0.25) is 0 Å². The van der Waals surface area contributed by atoms with Crippen LogP contribution in [-0.4, -0.2) is 21.5 Å². The first kappa shape index (κ1) is 11.1. The molecule has 0 aromatic carbocycles. The molecule has 0 aliphatic heterocycles. The van der Waals surface area contributed by atoms with Crippen LogP contribution >= 0.6 is 0 Å². The lowest BCUT2D eigenvalue weighted by atomic mass is 10.0. The van der Waals surface area contributed by atoms with Crippen molar-refractivity contribution in [2.75, 3.05) is 6.54 Å². The van der Waals surface area contributed by atoms with E-state index in [4.69, 9.17) is 5.73 Å². The molecule has 0 spiro atoms. The van der Waals surface area contributed by atoms with Crippen LogP contribution in [0.25, 0.3) is 11.2 Å². The van der Waals surface area contributed by atoms with Crippen molar-refractivity contribution in [1.29, 1.82) is 0 Å². The van der Waals surface area contributed by atoms with Crippen molar-refractivity contribution in [3.05, 3.63) is 23.7 Å². The Morgan fingerprint density at radius 1 is 1.38 bits per heavy atom. The van der Waals surface area contributed by atoms with Gasteiger partial charge in [-0.2, -0.15) is 0 Å². The van der Waals surface area contributed by atoms with Crippen molar-refractivity contribution in [3.63, 3.8) is 0 Å². The van der Waals surface area contributed by atoms with Crippen LogP contribution < -0.4 is 5.73 Å². The van der Waals surface area contributed by atoms with Crippen molar-refractivity contribution < 1.29 is 0 Å². The molecule has 0 amide bonds. The zero-order chi connectivity index (χ0) is 11.7. The average Bonchev–Trinajstić information content (AvgIpc) is 2.70. The number of hydrogen-bond acceptors (Lipinski definition) is 3. The Labute approximate surface area is 95.3 Å². The van der Waals surface area contributed by atoms with Gasteiger partial charge in [0.1, 0.15) is 5.82 Å². The minimum atomic E-state index is 0.336. The number of fused-ring (bicyclic) bond motifs is 1. The molecule has 4 nitrogen and oxygen atoms in total. The monoisotopic (exact) mass is 218 g/mol. The number of H-pyrrole nitrogens is 1. The largest absolute Gasteiger partial charge is 0.340 e. The van der Waals surface area contributed by atoms with Gasteiger partial charge in [-0.15, -0.1) is 0 Å².